The van der Waals surface area contributed by atoms with E-state index in [0.717, 1.165) is 18.3 Å². The lowest BCUT2D eigenvalue weighted by Crippen LogP contribution is -2.25. The first-order valence-electron chi connectivity index (χ1n) is 3.48. The number of aldehydes is 1. The van der Waals surface area contributed by atoms with Crippen LogP contribution in [0.2, 0.25) is 0 Å². The minimum Gasteiger partial charge on any atom is -0.313 e. The summed E-state index contributed by atoms with van der Waals surface area (Å²) in [6.07, 6.45) is 2.40. The van der Waals surface area contributed by atoms with Gasteiger partial charge in [-0.1, -0.05) is 12.2 Å². The molecule has 0 aliphatic rings. The Morgan fingerprint density at radius 2 is 2.40 bits per heavy atom. The van der Waals surface area contributed by atoms with Crippen molar-refractivity contribution in [1.29, 1.82) is 0 Å². The van der Waals surface area contributed by atoms with Crippen LogP contribution in [0.4, 0.5) is 0 Å². The topological polar surface area (TPSA) is 29.1 Å². The van der Waals surface area contributed by atoms with Crippen LogP contribution in [0.25, 0.3) is 0 Å². The molecule has 0 aromatic rings. The summed E-state index contributed by atoms with van der Waals surface area (Å²) in [5, 5.41) is 3.08. The summed E-state index contributed by atoms with van der Waals surface area (Å²) in [6, 6.07) is 0.296. The van der Waals surface area contributed by atoms with Crippen LogP contribution in [0.5, 0.6) is 0 Å². The van der Waals surface area contributed by atoms with Gasteiger partial charge in [0.25, 0.3) is 0 Å². The lowest BCUT2D eigenvalue weighted by Gasteiger charge is -2.13. The second-order valence-electron chi connectivity index (χ2n) is 2.43. The van der Waals surface area contributed by atoms with Crippen LogP contribution in [0.15, 0.2) is 12.2 Å². The van der Waals surface area contributed by atoms with E-state index < -0.39 is 0 Å². The highest BCUT2D eigenvalue weighted by molar-refractivity contribution is 5.49. The molecule has 0 fully saturated rings. The highest BCUT2D eigenvalue weighted by atomic mass is 16.1. The zero-order valence-electron chi connectivity index (χ0n) is 6.68. The fourth-order valence-corrected chi connectivity index (χ4v) is 0.872. The summed E-state index contributed by atoms with van der Waals surface area (Å²) in [4.78, 5) is 9.99. The summed E-state index contributed by atoms with van der Waals surface area (Å²) in [6.45, 7) is 5.77. The van der Waals surface area contributed by atoms with E-state index in [1.54, 1.807) is 0 Å². The molecule has 0 radical (unpaired) electrons. The predicted molar refractivity (Wildman–Crippen MR) is 43.0 cm³/mol. The van der Waals surface area contributed by atoms with Gasteiger partial charge in [-0.05, 0) is 20.4 Å². The highest BCUT2D eigenvalue weighted by Gasteiger charge is 2.03. The monoisotopic (exact) mass is 141 g/mol. The molecule has 2 heteroatoms. The van der Waals surface area contributed by atoms with Gasteiger partial charge in [-0.25, -0.2) is 0 Å². The van der Waals surface area contributed by atoms with E-state index in [-0.39, 0.29) is 0 Å². The molecule has 0 rings (SSSR count). The molecule has 0 bridgehead atoms. The number of likely N-dealkylation sites (N-methyl/N-ethyl adjacent to an activating group) is 1. The molecule has 2 nitrogen and oxygen atoms in total. The molecule has 0 aliphatic heterocycles. The summed E-state index contributed by atoms with van der Waals surface area (Å²) in [7, 11) is 1.88. The number of rotatable bonds is 5. The fourth-order valence-electron chi connectivity index (χ4n) is 0.872. The lowest BCUT2D eigenvalue weighted by molar-refractivity contribution is -0.108. The third-order valence-electron chi connectivity index (χ3n) is 1.52. The zero-order valence-corrected chi connectivity index (χ0v) is 6.68. The van der Waals surface area contributed by atoms with Crippen molar-refractivity contribution < 1.29 is 4.79 Å². The molecule has 0 aliphatic carbocycles. The lowest BCUT2D eigenvalue weighted by atomic mass is 10.1. The van der Waals surface area contributed by atoms with Crippen molar-refractivity contribution in [1.82, 2.24) is 5.32 Å². The second kappa shape index (κ2) is 5.18. The third kappa shape index (κ3) is 3.41. The van der Waals surface area contributed by atoms with E-state index in [9.17, 15) is 4.79 Å². The van der Waals surface area contributed by atoms with E-state index in [4.69, 9.17) is 0 Å². The molecule has 0 saturated heterocycles. The Hall–Kier alpha value is -0.630. The Morgan fingerprint density at radius 3 is 2.70 bits per heavy atom. The van der Waals surface area contributed by atoms with Crippen LogP contribution >= 0.6 is 0 Å². The van der Waals surface area contributed by atoms with Crippen LogP contribution < -0.4 is 5.32 Å². The summed E-state index contributed by atoms with van der Waals surface area (Å²) in [5.41, 5.74) is 1.09. The molecule has 1 atom stereocenters. The van der Waals surface area contributed by atoms with E-state index >= 15 is 0 Å². The van der Waals surface area contributed by atoms with Crippen molar-refractivity contribution in [2.24, 2.45) is 0 Å². The minimum absolute atomic E-state index is 0.296. The molecule has 0 aromatic carbocycles. The van der Waals surface area contributed by atoms with Gasteiger partial charge in [0.1, 0.15) is 6.29 Å². The van der Waals surface area contributed by atoms with Crippen LogP contribution in [-0.4, -0.2) is 19.4 Å². The van der Waals surface area contributed by atoms with Gasteiger partial charge in [-0.3, -0.25) is 0 Å². The molecule has 0 amide bonds. The van der Waals surface area contributed by atoms with E-state index in [0.29, 0.717) is 12.5 Å². The highest BCUT2D eigenvalue weighted by Crippen LogP contribution is 2.03. The molecule has 0 spiro atoms. The van der Waals surface area contributed by atoms with Gasteiger partial charge < -0.3 is 10.1 Å². The maximum Gasteiger partial charge on any atom is 0.120 e. The maximum absolute atomic E-state index is 9.99. The maximum atomic E-state index is 9.99. The number of carbonyl (C=O) groups excluding carboxylic acids is 1. The molecule has 0 heterocycles. The van der Waals surface area contributed by atoms with Gasteiger partial charge in [-0.2, -0.15) is 0 Å². The SMILES string of the molecule is C=C(C)C(CCC=O)NC. The molecule has 1 unspecified atom stereocenters. The predicted octanol–water partition coefficient (Wildman–Crippen LogP) is 1.13. The molecule has 1 N–H and O–H groups in total. The van der Waals surface area contributed by atoms with Gasteiger partial charge >= 0.3 is 0 Å². The van der Waals surface area contributed by atoms with Crippen molar-refractivity contribution >= 4 is 6.29 Å². The second-order valence-corrected chi connectivity index (χ2v) is 2.43. The average Bonchev–Trinajstić information content (AvgIpc) is 1.89. The first-order valence-corrected chi connectivity index (χ1v) is 3.48. The fraction of sp³-hybridized carbons (Fsp3) is 0.625. The number of carbonyl (C=O) groups is 1. The Morgan fingerprint density at radius 1 is 1.80 bits per heavy atom. The van der Waals surface area contributed by atoms with Crippen LogP contribution in [-0.2, 0) is 4.79 Å². The van der Waals surface area contributed by atoms with Gasteiger partial charge in [0, 0.05) is 12.5 Å². The van der Waals surface area contributed by atoms with E-state index in [2.05, 4.69) is 11.9 Å². The first kappa shape index (κ1) is 9.37. The molecule has 0 aromatic heterocycles. The molecule has 58 valence electrons. The summed E-state index contributed by atoms with van der Waals surface area (Å²) in [5.74, 6) is 0. The first-order chi connectivity index (χ1) is 4.72. The van der Waals surface area contributed by atoms with Gasteiger partial charge in [0.05, 0.1) is 0 Å². The zero-order chi connectivity index (χ0) is 7.98. The quantitative estimate of drug-likeness (QED) is 0.459. The molecular weight excluding hydrogens is 126 g/mol. The average molecular weight is 141 g/mol. The van der Waals surface area contributed by atoms with Crippen LogP contribution in [0.1, 0.15) is 19.8 Å². The number of nitrogens with one attached hydrogen (secondary N) is 1. The molecular formula is C8H15NO. The Balaban J connectivity index is 3.60. The largest absolute Gasteiger partial charge is 0.313 e. The summed E-state index contributed by atoms with van der Waals surface area (Å²) >= 11 is 0. The third-order valence-corrected chi connectivity index (χ3v) is 1.52. The van der Waals surface area contributed by atoms with Gasteiger partial charge in [0.2, 0.25) is 0 Å². The van der Waals surface area contributed by atoms with Crippen molar-refractivity contribution in [2.75, 3.05) is 7.05 Å². The van der Waals surface area contributed by atoms with Crippen molar-refractivity contribution in [3.8, 4) is 0 Å². The Kier molecular flexibility index (Phi) is 4.85. The number of hydrogen-bond acceptors (Lipinski definition) is 2. The smallest absolute Gasteiger partial charge is 0.120 e. The number of hydrogen-bond donors (Lipinski definition) is 1. The standard InChI is InChI=1S/C8H15NO/c1-7(2)8(9-3)5-4-6-10/h6,8-9H,1,4-5H2,2-3H3. The van der Waals surface area contributed by atoms with Crippen LogP contribution in [0.3, 0.4) is 0 Å². The van der Waals surface area contributed by atoms with Gasteiger partial charge in [-0.15, -0.1) is 0 Å². The molecule has 0 saturated carbocycles. The Bertz CT molecular complexity index is 120. The van der Waals surface area contributed by atoms with Crippen LogP contribution in [0, 0.1) is 0 Å². The molecule has 10 heavy (non-hydrogen) atoms. The van der Waals surface area contributed by atoms with Crippen molar-refractivity contribution in [3.63, 3.8) is 0 Å². The Labute approximate surface area is 62.3 Å². The van der Waals surface area contributed by atoms with Crippen molar-refractivity contribution in [2.45, 2.75) is 25.8 Å². The van der Waals surface area contributed by atoms with Gasteiger partial charge in [0.15, 0.2) is 0 Å². The van der Waals surface area contributed by atoms with E-state index in [1.165, 1.54) is 0 Å². The minimum atomic E-state index is 0.296. The normalized spacial score (nSPS) is 12.6. The van der Waals surface area contributed by atoms with Crippen molar-refractivity contribution in [3.05, 3.63) is 12.2 Å². The van der Waals surface area contributed by atoms with E-state index in [1.807, 2.05) is 14.0 Å². The summed E-state index contributed by atoms with van der Waals surface area (Å²) < 4.78 is 0.